The molecule has 0 unspecified atom stereocenters. The second-order valence-corrected chi connectivity index (χ2v) is 9.50. The van der Waals surface area contributed by atoms with Crippen LogP contribution in [0.4, 0.5) is 23.4 Å². The van der Waals surface area contributed by atoms with Gasteiger partial charge in [-0.2, -0.15) is 0 Å². The highest BCUT2D eigenvalue weighted by molar-refractivity contribution is 7.92. The topological polar surface area (TPSA) is 105 Å². The van der Waals surface area contributed by atoms with Gasteiger partial charge in [0.25, 0.3) is 15.9 Å². The van der Waals surface area contributed by atoms with Crippen LogP contribution in [0, 0.1) is 23.5 Å². The van der Waals surface area contributed by atoms with Crippen molar-refractivity contribution in [2.24, 2.45) is 11.8 Å². The Morgan fingerprint density at radius 3 is 2.59 bits per heavy atom. The van der Waals surface area contributed by atoms with Gasteiger partial charge in [-0.15, -0.1) is 0 Å². The molecule has 1 aromatic heterocycles. The van der Waals surface area contributed by atoms with Gasteiger partial charge in [0, 0.05) is 50.2 Å². The van der Waals surface area contributed by atoms with E-state index >= 15 is 0 Å². The summed E-state index contributed by atoms with van der Waals surface area (Å²) in [7, 11) is -4.51. The molecule has 1 aromatic carbocycles. The molecule has 8 nitrogen and oxygen atoms in total. The zero-order valence-corrected chi connectivity index (χ0v) is 17.5. The van der Waals surface area contributed by atoms with Crippen LogP contribution in [0.3, 0.4) is 0 Å². The van der Waals surface area contributed by atoms with Crippen molar-refractivity contribution in [1.82, 2.24) is 20.8 Å². The molecule has 0 spiro atoms. The minimum Gasteiger partial charge on any atom is -0.487 e. The smallest absolute Gasteiger partial charge is 0.266 e. The van der Waals surface area contributed by atoms with Crippen molar-refractivity contribution in [3.8, 4) is 5.75 Å². The van der Waals surface area contributed by atoms with Crippen LogP contribution in [-0.4, -0.2) is 43.5 Å². The molecule has 1 aliphatic carbocycles. The Labute approximate surface area is 181 Å². The number of ether oxygens (including phenoxy) is 1. The number of hydrogen-bond donors (Lipinski definition) is 3. The maximum atomic E-state index is 14.7. The summed E-state index contributed by atoms with van der Waals surface area (Å²) in [5.74, 6) is -6.51. The van der Waals surface area contributed by atoms with Crippen LogP contribution in [0.5, 0.6) is 5.75 Å². The van der Waals surface area contributed by atoms with E-state index in [1.54, 1.807) is 0 Å². The van der Waals surface area contributed by atoms with E-state index in [1.807, 2.05) is 4.72 Å². The Balaban J connectivity index is 1.58. The van der Waals surface area contributed by atoms with E-state index in [4.69, 9.17) is 4.74 Å². The standard InChI is InChI=1S/C19H21F4N5O3S/c20-13-6-17(32(29,30)28-18-2-4-24-10-25-18)14(21)5-15(13)31-16-7-19(22,23)3-1-12(16)11-8-26-27-9-11/h2,4-6,10-12,16,26-27H,1,3,7-9H2,(H,24,25,28)/t12-,16+/m1/s1. The minimum absolute atomic E-state index is 0.0132. The van der Waals surface area contributed by atoms with Crippen molar-refractivity contribution < 1.29 is 30.7 Å². The van der Waals surface area contributed by atoms with Crippen LogP contribution in [0.25, 0.3) is 0 Å². The molecule has 4 rings (SSSR count). The Bertz CT molecular complexity index is 1070. The number of aromatic nitrogens is 2. The average Bonchev–Trinajstić information content (AvgIpc) is 3.25. The lowest BCUT2D eigenvalue weighted by molar-refractivity contribution is -0.0982. The molecule has 1 saturated carbocycles. The molecule has 174 valence electrons. The highest BCUT2D eigenvalue weighted by atomic mass is 32.2. The number of hydrogen-bond acceptors (Lipinski definition) is 7. The molecule has 0 amide bonds. The van der Waals surface area contributed by atoms with Gasteiger partial charge < -0.3 is 4.74 Å². The molecular formula is C19H21F4N5O3S. The molecule has 32 heavy (non-hydrogen) atoms. The van der Waals surface area contributed by atoms with Crippen LogP contribution >= 0.6 is 0 Å². The minimum atomic E-state index is -4.51. The average molecular weight is 475 g/mol. The Kier molecular flexibility index (Phi) is 6.23. The lowest BCUT2D eigenvalue weighted by atomic mass is 9.76. The predicted octanol–water partition coefficient (Wildman–Crippen LogP) is 2.46. The normalized spacial score (nSPS) is 23.8. The molecule has 0 radical (unpaired) electrons. The number of alkyl halides is 2. The number of nitrogens with zero attached hydrogens (tertiary/aromatic N) is 2. The second-order valence-electron chi connectivity index (χ2n) is 7.85. The maximum Gasteiger partial charge on any atom is 0.266 e. The number of rotatable bonds is 6. The van der Waals surface area contributed by atoms with Crippen molar-refractivity contribution >= 4 is 15.8 Å². The van der Waals surface area contributed by atoms with Gasteiger partial charge in [0.1, 0.15) is 29.0 Å². The first-order chi connectivity index (χ1) is 15.1. The first kappa shape index (κ1) is 22.7. The number of benzene rings is 1. The molecule has 2 fully saturated rings. The zero-order chi connectivity index (χ0) is 22.9. The van der Waals surface area contributed by atoms with E-state index < -0.39 is 50.8 Å². The Morgan fingerprint density at radius 2 is 1.91 bits per heavy atom. The zero-order valence-electron chi connectivity index (χ0n) is 16.7. The van der Waals surface area contributed by atoms with Crippen molar-refractivity contribution in [3.63, 3.8) is 0 Å². The van der Waals surface area contributed by atoms with Crippen molar-refractivity contribution in [3.05, 3.63) is 42.4 Å². The molecule has 0 bridgehead atoms. The highest BCUT2D eigenvalue weighted by Gasteiger charge is 2.46. The fourth-order valence-electron chi connectivity index (χ4n) is 4.07. The maximum absolute atomic E-state index is 14.7. The Hall–Kier alpha value is -2.51. The first-order valence-corrected chi connectivity index (χ1v) is 11.4. The fraction of sp³-hybridized carbons (Fsp3) is 0.474. The molecule has 1 saturated heterocycles. The second kappa shape index (κ2) is 8.79. The summed E-state index contributed by atoms with van der Waals surface area (Å²) in [6, 6.07) is 2.26. The SMILES string of the molecule is O=S(=O)(Nc1ccncn1)c1cc(F)c(O[C@H]2CC(F)(F)CC[C@@H]2C2CNNC2)cc1F. The predicted molar refractivity (Wildman–Crippen MR) is 105 cm³/mol. The third-order valence-corrected chi connectivity index (χ3v) is 7.02. The van der Waals surface area contributed by atoms with Gasteiger partial charge >= 0.3 is 0 Å². The van der Waals surface area contributed by atoms with Gasteiger partial charge in [0.15, 0.2) is 11.6 Å². The van der Waals surface area contributed by atoms with Gasteiger partial charge in [-0.25, -0.2) is 35.9 Å². The van der Waals surface area contributed by atoms with Crippen molar-refractivity contribution in [2.45, 2.75) is 36.2 Å². The van der Waals surface area contributed by atoms with E-state index in [1.165, 1.54) is 12.3 Å². The van der Waals surface area contributed by atoms with E-state index in [0.717, 1.165) is 6.33 Å². The summed E-state index contributed by atoms with van der Waals surface area (Å²) in [5, 5.41) is 0. The number of hydrazine groups is 1. The number of sulfonamides is 1. The summed E-state index contributed by atoms with van der Waals surface area (Å²) < 4.78 is 89.9. The summed E-state index contributed by atoms with van der Waals surface area (Å²) >= 11 is 0. The van der Waals surface area contributed by atoms with Crippen molar-refractivity contribution in [2.75, 3.05) is 17.8 Å². The first-order valence-electron chi connectivity index (χ1n) is 9.93. The molecule has 13 heteroatoms. The van der Waals surface area contributed by atoms with Crippen molar-refractivity contribution in [1.29, 1.82) is 0 Å². The summed E-state index contributed by atoms with van der Waals surface area (Å²) in [5.41, 5.74) is 5.86. The van der Waals surface area contributed by atoms with Crippen LogP contribution in [0.1, 0.15) is 19.3 Å². The summed E-state index contributed by atoms with van der Waals surface area (Å²) in [4.78, 5) is 6.34. The van der Waals surface area contributed by atoms with Gasteiger partial charge in [0.2, 0.25) is 0 Å². The third kappa shape index (κ3) is 4.94. The lowest BCUT2D eigenvalue weighted by Gasteiger charge is -2.38. The fourth-order valence-corrected chi connectivity index (χ4v) is 5.15. The number of anilines is 1. The molecule has 2 aliphatic rings. The molecule has 2 atom stereocenters. The van der Waals surface area contributed by atoms with Crippen LogP contribution < -0.4 is 20.3 Å². The highest BCUT2D eigenvalue weighted by Crippen LogP contribution is 2.42. The molecule has 1 aliphatic heterocycles. The van der Waals surface area contributed by atoms with E-state index in [0.29, 0.717) is 25.2 Å². The lowest BCUT2D eigenvalue weighted by Crippen LogP contribution is -2.44. The summed E-state index contributed by atoms with van der Waals surface area (Å²) in [6.45, 7) is 1.08. The third-order valence-electron chi connectivity index (χ3n) is 5.65. The van der Waals surface area contributed by atoms with E-state index in [-0.39, 0.29) is 30.5 Å². The number of halogens is 4. The van der Waals surface area contributed by atoms with Gasteiger partial charge in [-0.05, 0) is 18.4 Å². The van der Waals surface area contributed by atoms with Gasteiger partial charge in [-0.1, -0.05) is 0 Å². The largest absolute Gasteiger partial charge is 0.487 e. The van der Waals surface area contributed by atoms with Crippen LogP contribution in [-0.2, 0) is 10.0 Å². The van der Waals surface area contributed by atoms with Gasteiger partial charge in [0.05, 0.1) is 0 Å². The van der Waals surface area contributed by atoms with Crippen LogP contribution in [0.15, 0.2) is 35.6 Å². The monoisotopic (exact) mass is 475 g/mol. The molecule has 2 aromatic rings. The number of nitrogens with one attached hydrogen (secondary N) is 3. The van der Waals surface area contributed by atoms with Gasteiger partial charge in [-0.3, -0.25) is 15.6 Å². The quantitative estimate of drug-likeness (QED) is 0.552. The van der Waals surface area contributed by atoms with Crippen LogP contribution in [0.2, 0.25) is 0 Å². The molecular weight excluding hydrogens is 454 g/mol. The molecule has 3 N–H and O–H groups in total. The molecule has 2 heterocycles. The van der Waals surface area contributed by atoms with E-state index in [2.05, 4.69) is 20.8 Å². The Morgan fingerprint density at radius 1 is 1.16 bits per heavy atom. The summed E-state index contributed by atoms with van der Waals surface area (Å²) in [6.07, 6.45) is 0.523. The van der Waals surface area contributed by atoms with E-state index in [9.17, 15) is 26.0 Å².